The van der Waals surface area contributed by atoms with Gasteiger partial charge in [0.05, 0.1) is 13.2 Å². The summed E-state index contributed by atoms with van der Waals surface area (Å²) >= 11 is 0. The van der Waals surface area contributed by atoms with Crippen molar-refractivity contribution < 1.29 is 24.2 Å². The van der Waals surface area contributed by atoms with E-state index in [2.05, 4.69) is 0 Å². The monoisotopic (exact) mass is 288 g/mol. The summed E-state index contributed by atoms with van der Waals surface area (Å²) in [6.45, 7) is 2.94. The van der Waals surface area contributed by atoms with Crippen molar-refractivity contribution in [3.8, 4) is 0 Å². The second kappa shape index (κ2) is 7.76. The molecule has 1 aromatic carbocycles. The van der Waals surface area contributed by atoms with Crippen LogP contribution in [0.1, 0.15) is 19.4 Å². The first-order valence-corrected chi connectivity index (χ1v) is 5.59. The average Bonchev–Trinajstić information content (AvgIpc) is 2.37. The summed E-state index contributed by atoms with van der Waals surface area (Å²) in [7, 11) is 0. The highest BCUT2D eigenvalue weighted by molar-refractivity contribution is 6.02. The maximum Gasteiger partial charge on any atom is 0.349 e. The molecule has 106 valence electrons. The van der Waals surface area contributed by atoms with Gasteiger partial charge in [0, 0.05) is 0 Å². The van der Waals surface area contributed by atoms with E-state index in [-0.39, 0.29) is 25.6 Å². The molecule has 19 heavy (non-hydrogen) atoms. The number of hydrogen-bond acceptors (Lipinski definition) is 4. The number of halogens is 1. The number of carboxylic acids is 1. The second-order valence-corrected chi connectivity index (χ2v) is 3.83. The van der Waals surface area contributed by atoms with Crippen molar-refractivity contribution >= 4 is 24.3 Å². The van der Waals surface area contributed by atoms with Gasteiger partial charge in [0.2, 0.25) is 0 Å². The molecule has 0 amide bonds. The van der Waals surface area contributed by atoms with Crippen molar-refractivity contribution in [2.24, 2.45) is 0 Å². The van der Waals surface area contributed by atoms with Crippen LogP contribution in [0.3, 0.4) is 0 Å². The third kappa shape index (κ3) is 4.54. The molecular weight excluding hydrogens is 272 g/mol. The zero-order valence-electron chi connectivity index (χ0n) is 10.8. The van der Waals surface area contributed by atoms with Gasteiger partial charge in [-0.05, 0) is 19.4 Å². The van der Waals surface area contributed by atoms with Gasteiger partial charge in [-0.3, -0.25) is 0 Å². The molecule has 1 rings (SSSR count). The van der Waals surface area contributed by atoms with Crippen molar-refractivity contribution in [1.82, 2.24) is 0 Å². The Morgan fingerprint density at radius 1 is 1.26 bits per heavy atom. The Bertz CT molecular complexity index is 420. The SMILES string of the molecule is CCOC(=O)[C@@](C)(OCc1ccccc1)C(=O)O.Cl. The molecule has 0 aliphatic carbocycles. The van der Waals surface area contributed by atoms with Crippen LogP contribution in [0, 0.1) is 0 Å². The fourth-order valence-electron chi connectivity index (χ4n) is 1.28. The van der Waals surface area contributed by atoms with Crippen molar-refractivity contribution in [3.05, 3.63) is 35.9 Å². The van der Waals surface area contributed by atoms with Crippen molar-refractivity contribution in [3.63, 3.8) is 0 Å². The fraction of sp³-hybridized carbons (Fsp3) is 0.385. The molecule has 1 atom stereocenters. The van der Waals surface area contributed by atoms with E-state index in [0.717, 1.165) is 5.56 Å². The average molecular weight is 289 g/mol. The number of aliphatic carboxylic acids is 1. The quantitative estimate of drug-likeness (QED) is 0.640. The predicted octanol–water partition coefficient (Wildman–Crippen LogP) is 2.03. The summed E-state index contributed by atoms with van der Waals surface area (Å²) in [4.78, 5) is 22.7. The van der Waals surface area contributed by atoms with Crippen LogP contribution in [-0.4, -0.2) is 29.3 Å². The predicted molar refractivity (Wildman–Crippen MR) is 71.2 cm³/mol. The van der Waals surface area contributed by atoms with E-state index >= 15 is 0 Å². The highest BCUT2D eigenvalue weighted by Crippen LogP contribution is 2.16. The van der Waals surface area contributed by atoms with E-state index < -0.39 is 17.5 Å². The smallest absolute Gasteiger partial charge is 0.349 e. The number of hydrogen-bond donors (Lipinski definition) is 1. The number of esters is 1. The Balaban J connectivity index is 0.00000324. The Labute approximate surface area is 117 Å². The minimum absolute atomic E-state index is 0. The summed E-state index contributed by atoms with van der Waals surface area (Å²) < 4.78 is 9.93. The van der Waals surface area contributed by atoms with Crippen LogP contribution in [0.15, 0.2) is 30.3 Å². The van der Waals surface area contributed by atoms with Crippen molar-refractivity contribution in [2.45, 2.75) is 26.1 Å². The lowest BCUT2D eigenvalue weighted by Crippen LogP contribution is -2.47. The van der Waals surface area contributed by atoms with Crippen LogP contribution < -0.4 is 0 Å². The molecule has 1 N–H and O–H groups in total. The van der Waals surface area contributed by atoms with Crippen LogP contribution in [-0.2, 0) is 25.7 Å². The number of carbonyl (C=O) groups excluding carboxylic acids is 1. The molecule has 0 fully saturated rings. The van der Waals surface area contributed by atoms with Crippen LogP contribution >= 0.6 is 12.4 Å². The van der Waals surface area contributed by atoms with Gasteiger partial charge in [-0.2, -0.15) is 0 Å². The van der Waals surface area contributed by atoms with Crippen molar-refractivity contribution in [2.75, 3.05) is 6.61 Å². The van der Waals surface area contributed by atoms with E-state index in [9.17, 15) is 9.59 Å². The summed E-state index contributed by atoms with van der Waals surface area (Å²) in [5.74, 6) is -2.26. The minimum Gasteiger partial charge on any atom is -0.479 e. The largest absolute Gasteiger partial charge is 0.479 e. The molecule has 0 heterocycles. The van der Waals surface area contributed by atoms with E-state index in [1.54, 1.807) is 31.2 Å². The molecule has 0 spiro atoms. The van der Waals surface area contributed by atoms with Crippen molar-refractivity contribution in [1.29, 1.82) is 0 Å². The maximum absolute atomic E-state index is 11.6. The van der Waals surface area contributed by atoms with Crippen LogP contribution in [0.5, 0.6) is 0 Å². The van der Waals surface area contributed by atoms with E-state index in [0.29, 0.717) is 0 Å². The first-order valence-electron chi connectivity index (χ1n) is 5.59. The highest BCUT2D eigenvalue weighted by atomic mass is 35.5. The fourth-order valence-corrected chi connectivity index (χ4v) is 1.28. The first-order chi connectivity index (χ1) is 8.50. The molecule has 0 saturated heterocycles. The van der Waals surface area contributed by atoms with Gasteiger partial charge >= 0.3 is 11.9 Å². The zero-order chi connectivity index (χ0) is 13.6. The number of rotatable bonds is 6. The Morgan fingerprint density at radius 3 is 2.32 bits per heavy atom. The topological polar surface area (TPSA) is 72.8 Å². The third-order valence-corrected chi connectivity index (χ3v) is 2.44. The molecule has 0 bridgehead atoms. The normalized spacial score (nSPS) is 12.9. The van der Waals surface area contributed by atoms with Gasteiger partial charge in [0.25, 0.3) is 5.60 Å². The molecule has 0 unspecified atom stereocenters. The summed E-state index contributed by atoms with van der Waals surface area (Å²) in [6, 6.07) is 9.02. The molecule has 6 heteroatoms. The number of ether oxygens (including phenoxy) is 2. The van der Waals surface area contributed by atoms with Crippen LogP contribution in [0.4, 0.5) is 0 Å². The number of carboxylic acid groups (broad SMARTS) is 1. The van der Waals surface area contributed by atoms with Gasteiger partial charge in [-0.25, -0.2) is 9.59 Å². The minimum atomic E-state index is -1.98. The van der Waals surface area contributed by atoms with Gasteiger partial charge in [-0.1, -0.05) is 30.3 Å². The first kappa shape index (κ1) is 17.4. The van der Waals surface area contributed by atoms with Gasteiger partial charge in [-0.15, -0.1) is 12.4 Å². The summed E-state index contributed by atoms with van der Waals surface area (Å²) in [5.41, 5.74) is -1.19. The Morgan fingerprint density at radius 2 is 1.84 bits per heavy atom. The van der Waals surface area contributed by atoms with Gasteiger partial charge < -0.3 is 14.6 Å². The number of carbonyl (C=O) groups is 2. The molecule has 0 radical (unpaired) electrons. The molecule has 0 saturated carbocycles. The second-order valence-electron chi connectivity index (χ2n) is 3.83. The van der Waals surface area contributed by atoms with Gasteiger partial charge in [0.1, 0.15) is 0 Å². The highest BCUT2D eigenvalue weighted by Gasteiger charge is 2.44. The standard InChI is InChI=1S/C13H16O5.ClH/c1-3-17-12(16)13(2,11(14)15)18-9-10-7-5-4-6-8-10;/h4-8H,3,9H2,1-2H3,(H,14,15);1H/t13-;/m0./s1. The van der Waals surface area contributed by atoms with Gasteiger partial charge in [0.15, 0.2) is 0 Å². The lowest BCUT2D eigenvalue weighted by atomic mass is 10.1. The molecule has 0 aliphatic rings. The molecule has 0 aliphatic heterocycles. The lowest BCUT2D eigenvalue weighted by Gasteiger charge is -2.22. The maximum atomic E-state index is 11.6. The van der Waals surface area contributed by atoms with E-state index in [4.69, 9.17) is 14.6 Å². The molecule has 1 aromatic rings. The van der Waals surface area contributed by atoms with E-state index in [1.807, 2.05) is 6.07 Å². The molecule has 0 aromatic heterocycles. The lowest BCUT2D eigenvalue weighted by molar-refractivity contribution is -0.186. The van der Waals surface area contributed by atoms with Crippen LogP contribution in [0.2, 0.25) is 0 Å². The summed E-state index contributed by atoms with van der Waals surface area (Å²) in [5, 5.41) is 9.08. The van der Waals surface area contributed by atoms with Crippen LogP contribution in [0.25, 0.3) is 0 Å². The Kier molecular flexibility index (Phi) is 7.11. The Hall–Kier alpha value is -1.59. The van der Waals surface area contributed by atoms with E-state index in [1.165, 1.54) is 6.92 Å². The number of benzene rings is 1. The molecule has 5 nitrogen and oxygen atoms in total. The summed E-state index contributed by atoms with van der Waals surface area (Å²) in [6.07, 6.45) is 0. The zero-order valence-corrected chi connectivity index (χ0v) is 11.6. The molecular formula is C13H17ClO5. The third-order valence-electron chi connectivity index (χ3n) is 2.44.